The molecule has 0 radical (unpaired) electrons. The lowest BCUT2D eigenvalue weighted by molar-refractivity contribution is 0.345. The smallest absolute Gasteiger partial charge is 0.222 e. The Hall–Kier alpha value is -1.93. The molecule has 3 nitrogen and oxygen atoms in total. The number of hydrogen-bond donors (Lipinski definition) is 1. The summed E-state index contributed by atoms with van der Waals surface area (Å²) in [7, 11) is 0. The number of halogens is 2. The van der Waals surface area contributed by atoms with Crippen molar-refractivity contribution in [3.05, 3.63) is 47.3 Å². The Morgan fingerprint density at radius 2 is 2.31 bits per heavy atom. The third kappa shape index (κ3) is 3.04. The van der Waals surface area contributed by atoms with E-state index in [1.54, 1.807) is 0 Å². The van der Waals surface area contributed by atoms with E-state index in [0.29, 0.717) is 6.33 Å². The zero-order chi connectivity index (χ0) is 12.0. The maximum atomic E-state index is 13.1. The molecule has 1 aromatic rings. The van der Waals surface area contributed by atoms with Gasteiger partial charge in [0, 0.05) is 18.2 Å². The highest BCUT2D eigenvalue weighted by atomic mass is 19.1. The first-order chi connectivity index (χ1) is 7.71. The highest BCUT2D eigenvalue weighted by molar-refractivity contribution is 5.48. The Morgan fingerprint density at radius 1 is 1.56 bits per heavy atom. The topological polar surface area (TPSA) is 39.6 Å². The lowest BCUT2D eigenvalue weighted by atomic mass is 10.3. The van der Waals surface area contributed by atoms with Crippen molar-refractivity contribution in [3.63, 3.8) is 0 Å². The van der Waals surface area contributed by atoms with Crippen LogP contribution in [0.15, 0.2) is 30.1 Å². The molecule has 2 N–H and O–H groups in total. The van der Waals surface area contributed by atoms with Gasteiger partial charge in [-0.05, 0) is 12.1 Å². The van der Waals surface area contributed by atoms with Crippen LogP contribution in [-0.4, -0.2) is 13.2 Å². The zero-order valence-corrected chi connectivity index (χ0v) is 8.41. The first kappa shape index (κ1) is 12.1. The van der Waals surface area contributed by atoms with Gasteiger partial charge in [-0.1, -0.05) is 0 Å². The molecule has 0 atom stereocenters. The van der Waals surface area contributed by atoms with Gasteiger partial charge in [-0.3, -0.25) is 0 Å². The summed E-state index contributed by atoms with van der Waals surface area (Å²) in [5, 5.41) is 0. The van der Waals surface area contributed by atoms with Crippen LogP contribution < -0.4 is 10.5 Å². The number of benzene rings is 1. The molecule has 0 spiro atoms. The van der Waals surface area contributed by atoms with Gasteiger partial charge in [-0.2, -0.15) is 0 Å². The number of hydrogen-bond acceptors (Lipinski definition) is 2. The number of rotatable bonds is 4. The van der Waals surface area contributed by atoms with Gasteiger partial charge in [0.2, 0.25) is 5.69 Å². The second kappa shape index (κ2) is 5.83. The van der Waals surface area contributed by atoms with Crippen LogP contribution in [0.4, 0.5) is 14.5 Å². The largest absolute Gasteiger partial charge is 0.489 e. The van der Waals surface area contributed by atoms with Crippen LogP contribution in [0.25, 0.3) is 4.85 Å². The highest BCUT2D eigenvalue weighted by Gasteiger charge is 2.04. The predicted molar refractivity (Wildman–Crippen MR) is 56.4 cm³/mol. The first-order valence-electron chi connectivity index (χ1n) is 4.49. The zero-order valence-electron chi connectivity index (χ0n) is 8.41. The quantitative estimate of drug-likeness (QED) is 0.798. The van der Waals surface area contributed by atoms with Gasteiger partial charge >= 0.3 is 0 Å². The van der Waals surface area contributed by atoms with Gasteiger partial charge in [-0.25, -0.2) is 13.6 Å². The summed E-state index contributed by atoms with van der Waals surface area (Å²) in [6.07, 6.45) is 0.365. The normalized spacial score (nSPS) is 11.0. The van der Waals surface area contributed by atoms with Crippen LogP contribution in [0.1, 0.15) is 0 Å². The maximum absolute atomic E-state index is 13.1. The van der Waals surface area contributed by atoms with E-state index in [4.69, 9.17) is 17.0 Å². The summed E-state index contributed by atoms with van der Waals surface area (Å²) in [5.41, 5.74) is 5.42. The molecule has 0 saturated heterocycles. The van der Waals surface area contributed by atoms with Crippen molar-refractivity contribution < 1.29 is 13.5 Å². The number of nitrogens with zero attached hydrogens (tertiary/aromatic N) is 1. The monoisotopic (exact) mass is 224 g/mol. The third-order valence-electron chi connectivity index (χ3n) is 1.88. The average molecular weight is 224 g/mol. The molecule has 0 unspecified atom stereocenters. The fourth-order valence-electron chi connectivity index (χ4n) is 0.979. The Kier molecular flexibility index (Phi) is 4.42. The molecule has 1 rings (SSSR count). The summed E-state index contributed by atoms with van der Waals surface area (Å²) in [6, 6.07) is 3.83. The molecule has 0 aromatic heterocycles. The molecule has 0 fully saturated rings. The minimum Gasteiger partial charge on any atom is -0.489 e. The molecule has 0 aliphatic rings. The molecule has 16 heavy (non-hydrogen) atoms. The molecule has 84 valence electrons. The molecule has 5 heteroatoms. The van der Waals surface area contributed by atoms with Gasteiger partial charge in [-0.15, -0.1) is 0 Å². The lowest BCUT2D eigenvalue weighted by Crippen LogP contribution is -2.10. The van der Waals surface area contributed by atoms with Crippen LogP contribution in [0.5, 0.6) is 5.75 Å². The molecule has 0 saturated carbocycles. The fraction of sp³-hybridized carbons (Fsp3) is 0.182. The van der Waals surface area contributed by atoms with Crippen molar-refractivity contribution in [1.82, 2.24) is 0 Å². The Balaban J connectivity index is 2.70. The highest BCUT2D eigenvalue weighted by Crippen LogP contribution is 2.23. The second-order valence-corrected chi connectivity index (χ2v) is 2.99. The SMILES string of the molecule is [C-]#[N+]c1ccc(OC/C(=C/F)CN)cc1F. The summed E-state index contributed by atoms with van der Waals surface area (Å²) in [5.74, 6) is -0.427. The van der Waals surface area contributed by atoms with Crippen LogP contribution in [0.2, 0.25) is 0 Å². The molecule has 0 aliphatic heterocycles. The second-order valence-electron chi connectivity index (χ2n) is 2.99. The van der Waals surface area contributed by atoms with Crippen molar-refractivity contribution in [2.24, 2.45) is 5.73 Å². The number of nitrogens with two attached hydrogens (primary N) is 1. The van der Waals surface area contributed by atoms with Gasteiger partial charge < -0.3 is 10.5 Å². The van der Waals surface area contributed by atoms with Crippen molar-refractivity contribution in [2.75, 3.05) is 13.2 Å². The van der Waals surface area contributed by atoms with E-state index in [-0.39, 0.29) is 30.2 Å². The van der Waals surface area contributed by atoms with E-state index in [1.807, 2.05) is 0 Å². The minimum atomic E-state index is -0.661. The summed E-state index contributed by atoms with van der Waals surface area (Å²) >= 11 is 0. The molecular formula is C11H10F2N2O. The Bertz CT molecular complexity index is 438. The first-order valence-corrected chi connectivity index (χ1v) is 4.49. The molecule has 0 bridgehead atoms. The lowest BCUT2D eigenvalue weighted by Gasteiger charge is -2.07. The van der Waals surface area contributed by atoms with Gasteiger partial charge in [0.15, 0.2) is 0 Å². The summed E-state index contributed by atoms with van der Waals surface area (Å²) < 4.78 is 30.4. The van der Waals surface area contributed by atoms with Gasteiger partial charge in [0.1, 0.15) is 18.2 Å². The van der Waals surface area contributed by atoms with Gasteiger partial charge in [0.05, 0.1) is 12.9 Å². The predicted octanol–water partition coefficient (Wildman–Crippen LogP) is 2.57. The van der Waals surface area contributed by atoms with Crippen molar-refractivity contribution >= 4 is 5.69 Å². The third-order valence-corrected chi connectivity index (χ3v) is 1.88. The fourth-order valence-corrected chi connectivity index (χ4v) is 0.979. The van der Waals surface area contributed by atoms with E-state index < -0.39 is 5.82 Å². The van der Waals surface area contributed by atoms with Crippen molar-refractivity contribution in [3.8, 4) is 5.75 Å². The van der Waals surface area contributed by atoms with Crippen LogP contribution in [0, 0.1) is 12.4 Å². The Labute approximate surface area is 92.0 Å². The number of ether oxygens (including phenoxy) is 1. The van der Waals surface area contributed by atoms with Crippen molar-refractivity contribution in [1.29, 1.82) is 0 Å². The Morgan fingerprint density at radius 3 is 2.81 bits per heavy atom. The van der Waals surface area contributed by atoms with Gasteiger partial charge in [0.25, 0.3) is 0 Å². The average Bonchev–Trinajstić information content (AvgIpc) is 2.30. The van der Waals surface area contributed by atoms with E-state index in [2.05, 4.69) is 4.85 Å². The molecular weight excluding hydrogens is 214 g/mol. The molecule has 0 heterocycles. The van der Waals surface area contributed by atoms with Crippen molar-refractivity contribution in [2.45, 2.75) is 0 Å². The molecule has 0 amide bonds. The molecule has 1 aromatic carbocycles. The summed E-state index contributed by atoms with van der Waals surface area (Å²) in [6.45, 7) is 6.66. The van der Waals surface area contributed by atoms with E-state index in [0.717, 1.165) is 6.07 Å². The van der Waals surface area contributed by atoms with Crippen LogP contribution >= 0.6 is 0 Å². The maximum Gasteiger partial charge on any atom is 0.222 e. The summed E-state index contributed by atoms with van der Waals surface area (Å²) in [4.78, 5) is 2.97. The standard InChI is InChI=1S/C11H10F2N2O/c1-15-11-3-2-9(4-10(11)13)16-7-8(5-12)6-14/h2-5H,6-7,14H2/b8-5+. The van der Waals surface area contributed by atoms with Crippen LogP contribution in [0.3, 0.4) is 0 Å². The van der Waals surface area contributed by atoms with E-state index in [1.165, 1.54) is 12.1 Å². The van der Waals surface area contributed by atoms with E-state index in [9.17, 15) is 8.78 Å². The minimum absolute atomic E-state index is 0.0379. The van der Waals surface area contributed by atoms with E-state index >= 15 is 0 Å². The molecule has 0 aliphatic carbocycles. The van der Waals surface area contributed by atoms with Crippen LogP contribution in [-0.2, 0) is 0 Å².